The molecule has 0 saturated heterocycles. The quantitative estimate of drug-likeness (QED) is 0.262. The smallest absolute Gasteiger partial charge is 0.131 e. The number of aliphatic hydroxyl groups excluding tert-OH is 1. The van der Waals surface area contributed by atoms with E-state index in [-0.39, 0.29) is 11.9 Å². The van der Waals surface area contributed by atoms with Gasteiger partial charge in [-0.15, -0.1) is 11.8 Å². The van der Waals surface area contributed by atoms with Gasteiger partial charge in [0.05, 0.1) is 12.4 Å². The van der Waals surface area contributed by atoms with Crippen LogP contribution in [0, 0.1) is 0 Å². The van der Waals surface area contributed by atoms with Gasteiger partial charge in [-0.25, -0.2) is 0 Å². The van der Waals surface area contributed by atoms with E-state index in [9.17, 15) is 5.11 Å². The van der Waals surface area contributed by atoms with Crippen LogP contribution in [-0.2, 0) is 9.47 Å². The van der Waals surface area contributed by atoms with Crippen molar-refractivity contribution in [3.8, 4) is 5.75 Å². The van der Waals surface area contributed by atoms with Crippen LogP contribution in [0.3, 0.4) is 0 Å². The summed E-state index contributed by atoms with van der Waals surface area (Å²) < 4.78 is 17.0. The molecule has 0 saturated carbocycles. The molecule has 0 heterocycles. The Balaban J connectivity index is 3.17. The Labute approximate surface area is 173 Å². The lowest BCUT2D eigenvalue weighted by atomic mass is 10.1. The summed E-state index contributed by atoms with van der Waals surface area (Å²) in [4.78, 5) is 1.17. The van der Waals surface area contributed by atoms with Crippen molar-refractivity contribution in [2.24, 2.45) is 0 Å². The Morgan fingerprint density at radius 3 is 2.43 bits per heavy atom. The Kier molecular flexibility index (Phi) is 11.2. The molecule has 0 aromatic heterocycles. The molecule has 28 heavy (non-hydrogen) atoms. The van der Waals surface area contributed by atoms with Crippen LogP contribution < -0.4 is 4.74 Å². The van der Waals surface area contributed by atoms with E-state index >= 15 is 0 Å². The summed E-state index contributed by atoms with van der Waals surface area (Å²) in [5.41, 5.74) is 0.687. The molecule has 1 aromatic carbocycles. The zero-order valence-corrected chi connectivity index (χ0v) is 18.5. The molecule has 0 radical (unpaired) electrons. The molecule has 0 amide bonds. The molecular formula is C23H32O4S. The van der Waals surface area contributed by atoms with E-state index in [0.717, 1.165) is 6.42 Å². The first-order valence-electron chi connectivity index (χ1n) is 9.36. The van der Waals surface area contributed by atoms with Crippen LogP contribution in [0.5, 0.6) is 5.75 Å². The van der Waals surface area contributed by atoms with E-state index in [1.165, 1.54) is 4.90 Å². The fraction of sp³-hybridized carbons (Fsp3) is 0.391. The fourth-order valence-corrected chi connectivity index (χ4v) is 2.88. The molecule has 0 aliphatic rings. The molecule has 1 unspecified atom stereocenters. The largest absolute Gasteiger partial charge is 0.508 e. The molecule has 1 aromatic rings. The predicted molar refractivity (Wildman–Crippen MR) is 118 cm³/mol. The zero-order chi connectivity index (χ0) is 20.9. The van der Waals surface area contributed by atoms with Gasteiger partial charge in [0.15, 0.2) is 0 Å². The van der Waals surface area contributed by atoms with Crippen LogP contribution in [0.1, 0.15) is 34.1 Å². The standard InChI is InChI=1S/C23H32O4S/c1-7-9-23(24)19(8-2)15-21(14-17(3)26-18(4)16-25-5)27-20-10-12-22(28-6)13-11-20/h8-15,18,24H,7,16H2,1-6H3/b17-14+,19-8+,21-15+,23-9+. The number of ether oxygens (including phenoxy) is 3. The average molecular weight is 405 g/mol. The van der Waals surface area contributed by atoms with E-state index in [4.69, 9.17) is 14.2 Å². The number of methoxy groups -OCH3 is 1. The summed E-state index contributed by atoms with van der Waals surface area (Å²) in [6.07, 6.45) is 9.94. The van der Waals surface area contributed by atoms with Crippen molar-refractivity contribution >= 4 is 11.8 Å². The average Bonchev–Trinajstić information content (AvgIpc) is 2.66. The maximum atomic E-state index is 10.3. The second kappa shape index (κ2) is 13.1. The second-order valence-electron chi connectivity index (χ2n) is 6.20. The molecule has 0 spiro atoms. The minimum atomic E-state index is -0.0714. The third kappa shape index (κ3) is 8.72. The normalized spacial score (nSPS) is 14.8. The summed E-state index contributed by atoms with van der Waals surface area (Å²) in [5.74, 6) is 2.21. The van der Waals surface area contributed by atoms with Crippen LogP contribution in [0.2, 0.25) is 0 Å². The van der Waals surface area contributed by atoms with Gasteiger partial charge in [-0.2, -0.15) is 0 Å². The molecule has 1 rings (SSSR count). The molecule has 1 N–H and O–H groups in total. The third-order valence-electron chi connectivity index (χ3n) is 3.73. The van der Waals surface area contributed by atoms with Gasteiger partial charge in [0.2, 0.25) is 0 Å². The molecule has 5 heteroatoms. The van der Waals surface area contributed by atoms with Gasteiger partial charge < -0.3 is 19.3 Å². The maximum absolute atomic E-state index is 10.3. The van der Waals surface area contributed by atoms with E-state index < -0.39 is 0 Å². The number of benzene rings is 1. The highest BCUT2D eigenvalue weighted by atomic mass is 32.2. The van der Waals surface area contributed by atoms with Gasteiger partial charge in [-0.3, -0.25) is 0 Å². The van der Waals surface area contributed by atoms with Crippen molar-refractivity contribution in [1.29, 1.82) is 0 Å². The monoisotopic (exact) mass is 404 g/mol. The van der Waals surface area contributed by atoms with Crippen LogP contribution in [0.25, 0.3) is 0 Å². The van der Waals surface area contributed by atoms with Crippen molar-refractivity contribution in [1.82, 2.24) is 0 Å². The highest BCUT2D eigenvalue weighted by molar-refractivity contribution is 7.98. The molecular weight excluding hydrogens is 372 g/mol. The Morgan fingerprint density at radius 2 is 1.89 bits per heavy atom. The highest BCUT2D eigenvalue weighted by Crippen LogP contribution is 2.23. The Morgan fingerprint density at radius 1 is 1.21 bits per heavy atom. The lowest BCUT2D eigenvalue weighted by molar-refractivity contribution is 0.0488. The van der Waals surface area contributed by atoms with Crippen LogP contribution in [0.15, 0.2) is 76.3 Å². The Bertz CT molecular complexity index is 715. The molecule has 1 atom stereocenters. The first kappa shape index (κ1) is 23.9. The Hall–Kier alpha value is -2.11. The van der Waals surface area contributed by atoms with Crippen molar-refractivity contribution in [2.45, 2.75) is 45.1 Å². The predicted octanol–water partition coefficient (Wildman–Crippen LogP) is 6.42. The molecule has 0 aliphatic heterocycles. The van der Waals surface area contributed by atoms with Crippen molar-refractivity contribution in [2.75, 3.05) is 20.0 Å². The molecule has 4 nitrogen and oxygen atoms in total. The van der Waals surface area contributed by atoms with Gasteiger partial charge in [0.1, 0.15) is 23.4 Å². The number of hydrogen-bond acceptors (Lipinski definition) is 5. The number of thioether (sulfide) groups is 1. The van der Waals surface area contributed by atoms with Gasteiger partial charge in [-0.05, 0) is 69.9 Å². The lowest BCUT2D eigenvalue weighted by Crippen LogP contribution is -2.13. The minimum absolute atomic E-state index is 0.0714. The van der Waals surface area contributed by atoms with E-state index in [1.54, 1.807) is 31.0 Å². The fourth-order valence-electron chi connectivity index (χ4n) is 2.47. The summed E-state index contributed by atoms with van der Waals surface area (Å²) in [5, 5.41) is 10.3. The summed E-state index contributed by atoms with van der Waals surface area (Å²) >= 11 is 1.68. The molecule has 0 fully saturated rings. The second-order valence-corrected chi connectivity index (χ2v) is 7.08. The number of rotatable bonds is 11. The summed E-state index contributed by atoms with van der Waals surface area (Å²) in [7, 11) is 1.65. The van der Waals surface area contributed by atoms with E-state index in [1.807, 2.05) is 70.4 Å². The van der Waals surface area contributed by atoms with Crippen LogP contribution >= 0.6 is 11.8 Å². The van der Waals surface area contributed by atoms with Gasteiger partial charge in [0, 0.05) is 23.7 Å². The molecule has 0 bridgehead atoms. The lowest BCUT2D eigenvalue weighted by Gasteiger charge is -2.15. The van der Waals surface area contributed by atoms with Gasteiger partial charge in [0.25, 0.3) is 0 Å². The molecule has 0 aliphatic carbocycles. The minimum Gasteiger partial charge on any atom is -0.508 e. The van der Waals surface area contributed by atoms with Gasteiger partial charge >= 0.3 is 0 Å². The summed E-state index contributed by atoms with van der Waals surface area (Å²) in [6.45, 7) is 8.18. The van der Waals surface area contributed by atoms with E-state index in [2.05, 4.69) is 0 Å². The maximum Gasteiger partial charge on any atom is 0.131 e. The van der Waals surface area contributed by atoms with E-state index in [0.29, 0.717) is 29.4 Å². The number of hydrogen-bond donors (Lipinski definition) is 1. The van der Waals surface area contributed by atoms with Crippen molar-refractivity contribution in [3.63, 3.8) is 0 Å². The topological polar surface area (TPSA) is 47.9 Å². The number of aliphatic hydroxyl groups is 1. The highest BCUT2D eigenvalue weighted by Gasteiger charge is 2.07. The number of allylic oxidation sites excluding steroid dienone is 5. The van der Waals surface area contributed by atoms with Crippen LogP contribution in [-0.4, -0.2) is 31.2 Å². The zero-order valence-electron chi connectivity index (χ0n) is 17.7. The first-order chi connectivity index (χ1) is 13.4. The third-order valence-corrected chi connectivity index (χ3v) is 4.47. The SMILES string of the molecule is C/C=C(\C=C(/C=C(\C)OC(C)COC)Oc1ccc(SC)cc1)C(/O)=C\CC. The summed E-state index contributed by atoms with van der Waals surface area (Å²) in [6, 6.07) is 7.87. The van der Waals surface area contributed by atoms with Crippen molar-refractivity contribution in [3.05, 3.63) is 71.4 Å². The first-order valence-corrected chi connectivity index (χ1v) is 10.6. The van der Waals surface area contributed by atoms with Crippen LogP contribution in [0.4, 0.5) is 0 Å². The van der Waals surface area contributed by atoms with Crippen molar-refractivity contribution < 1.29 is 19.3 Å². The molecule has 154 valence electrons. The van der Waals surface area contributed by atoms with Gasteiger partial charge in [-0.1, -0.05) is 13.0 Å².